The minimum atomic E-state index is -1.59. The van der Waals surface area contributed by atoms with Gasteiger partial charge in [0.2, 0.25) is 0 Å². The minimum Gasteiger partial charge on any atom is -0.394 e. The Balaban J connectivity index is 2.55. The van der Waals surface area contributed by atoms with Crippen LogP contribution in [0, 0.1) is 0 Å². The van der Waals surface area contributed by atoms with Crippen molar-refractivity contribution >= 4 is 6.29 Å². The van der Waals surface area contributed by atoms with Gasteiger partial charge in [-0.1, -0.05) is 30.3 Å². The van der Waals surface area contributed by atoms with E-state index in [1.54, 1.807) is 0 Å². The van der Waals surface area contributed by atoms with E-state index in [1.807, 2.05) is 30.3 Å². The van der Waals surface area contributed by atoms with Crippen LogP contribution in [0.1, 0.15) is 5.56 Å². The molecule has 4 unspecified atom stereocenters. The molecule has 0 amide bonds. The number of nitrogens with one attached hydrogen (secondary N) is 1. The van der Waals surface area contributed by atoms with Gasteiger partial charge in [0.15, 0.2) is 0 Å². The maximum atomic E-state index is 10.9. The zero-order valence-electron chi connectivity index (χ0n) is 10.4. The lowest BCUT2D eigenvalue weighted by atomic mass is 10.0. The second-order valence-electron chi connectivity index (χ2n) is 4.26. The zero-order chi connectivity index (χ0) is 14.3. The van der Waals surface area contributed by atoms with Crippen molar-refractivity contribution in [3.05, 3.63) is 35.9 Å². The predicted octanol–water partition coefficient (Wildman–Crippen LogP) is -1.58. The van der Waals surface area contributed by atoms with E-state index in [1.165, 1.54) is 0 Å². The number of hydrogen-bond acceptors (Lipinski definition) is 6. The van der Waals surface area contributed by atoms with Crippen molar-refractivity contribution in [2.24, 2.45) is 0 Å². The average molecular weight is 269 g/mol. The molecule has 4 atom stereocenters. The largest absolute Gasteiger partial charge is 0.394 e. The Labute approximate surface area is 111 Å². The van der Waals surface area contributed by atoms with Gasteiger partial charge in [-0.15, -0.1) is 0 Å². The Morgan fingerprint density at radius 2 is 1.74 bits per heavy atom. The normalized spacial score (nSPS) is 17.5. The molecule has 0 aliphatic rings. The number of aliphatic hydroxyl groups excluding tert-OH is 4. The molecule has 0 spiro atoms. The number of rotatable bonds is 8. The Bertz CT molecular complexity index is 373. The number of carbonyl (C=O) groups excluding carboxylic acids is 1. The summed E-state index contributed by atoms with van der Waals surface area (Å²) < 4.78 is 0. The van der Waals surface area contributed by atoms with E-state index >= 15 is 0 Å². The smallest absolute Gasteiger partial charge is 0.139 e. The first-order chi connectivity index (χ1) is 9.10. The maximum Gasteiger partial charge on any atom is 0.139 e. The van der Waals surface area contributed by atoms with E-state index in [-0.39, 0.29) is 0 Å². The molecule has 0 bridgehead atoms. The summed E-state index contributed by atoms with van der Waals surface area (Å²) in [5.74, 6) is 0. The van der Waals surface area contributed by atoms with Gasteiger partial charge < -0.3 is 30.5 Å². The van der Waals surface area contributed by atoms with Gasteiger partial charge in [0.25, 0.3) is 0 Å². The predicted molar refractivity (Wildman–Crippen MR) is 68.2 cm³/mol. The molecule has 0 radical (unpaired) electrons. The molecule has 6 nitrogen and oxygen atoms in total. The van der Waals surface area contributed by atoms with Gasteiger partial charge in [0.1, 0.15) is 24.6 Å². The molecule has 6 heteroatoms. The van der Waals surface area contributed by atoms with Crippen molar-refractivity contribution in [1.82, 2.24) is 5.32 Å². The third-order valence-corrected chi connectivity index (χ3v) is 2.83. The van der Waals surface area contributed by atoms with Crippen LogP contribution < -0.4 is 5.32 Å². The fourth-order valence-corrected chi connectivity index (χ4v) is 1.63. The number of hydrogen-bond donors (Lipinski definition) is 5. The summed E-state index contributed by atoms with van der Waals surface area (Å²) in [7, 11) is 0. The maximum absolute atomic E-state index is 10.9. The van der Waals surface area contributed by atoms with Gasteiger partial charge in [-0.25, -0.2) is 0 Å². The Kier molecular flexibility index (Phi) is 6.61. The third-order valence-electron chi connectivity index (χ3n) is 2.83. The molecule has 0 aliphatic carbocycles. The molecule has 0 heterocycles. The van der Waals surface area contributed by atoms with Crippen molar-refractivity contribution < 1.29 is 25.2 Å². The molecule has 5 N–H and O–H groups in total. The SMILES string of the molecule is O=CC(NCc1ccccc1)C(O)C(O)C(O)CO. The molecule has 0 aliphatic heterocycles. The monoisotopic (exact) mass is 269 g/mol. The highest BCUT2D eigenvalue weighted by atomic mass is 16.4. The average Bonchev–Trinajstić information content (AvgIpc) is 2.47. The lowest BCUT2D eigenvalue weighted by Crippen LogP contribution is -2.51. The fourth-order valence-electron chi connectivity index (χ4n) is 1.63. The van der Waals surface area contributed by atoms with Crippen molar-refractivity contribution in [3.63, 3.8) is 0 Å². The summed E-state index contributed by atoms with van der Waals surface area (Å²) in [6, 6.07) is 8.20. The lowest BCUT2D eigenvalue weighted by molar-refractivity contribution is -0.120. The lowest BCUT2D eigenvalue weighted by Gasteiger charge is -2.26. The molecule has 106 valence electrons. The summed E-state index contributed by atoms with van der Waals surface area (Å²) in [4.78, 5) is 10.9. The highest BCUT2D eigenvalue weighted by molar-refractivity contribution is 5.58. The Morgan fingerprint density at radius 1 is 1.11 bits per heavy atom. The molecular formula is C13H19NO5. The van der Waals surface area contributed by atoms with Crippen LogP contribution >= 0.6 is 0 Å². The quantitative estimate of drug-likeness (QED) is 0.364. The van der Waals surface area contributed by atoms with Crippen LogP contribution in [0.5, 0.6) is 0 Å². The van der Waals surface area contributed by atoms with E-state index in [4.69, 9.17) is 5.11 Å². The molecule has 0 fully saturated rings. The standard InChI is InChI=1S/C13H19NO5/c15-7-10(12(18)13(19)11(17)8-16)14-6-9-4-2-1-3-5-9/h1-5,7,10-14,16-19H,6,8H2. The number of carbonyl (C=O) groups is 1. The molecule has 1 aromatic carbocycles. The van der Waals surface area contributed by atoms with Crippen LogP contribution in [0.25, 0.3) is 0 Å². The summed E-state index contributed by atoms with van der Waals surface area (Å²) >= 11 is 0. The molecule has 1 rings (SSSR count). The molecule has 0 saturated carbocycles. The highest BCUT2D eigenvalue weighted by Crippen LogP contribution is 2.05. The highest BCUT2D eigenvalue weighted by Gasteiger charge is 2.30. The summed E-state index contributed by atoms with van der Waals surface area (Å²) in [6.07, 6.45) is -4.12. The van der Waals surface area contributed by atoms with Crippen molar-refractivity contribution in [2.45, 2.75) is 30.9 Å². The molecule has 0 saturated heterocycles. The fraction of sp³-hybridized carbons (Fsp3) is 0.462. The first-order valence-electron chi connectivity index (χ1n) is 5.97. The number of benzene rings is 1. The van der Waals surface area contributed by atoms with E-state index in [2.05, 4.69) is 5.32 Å². The first kappa shape index (κ1) is 15.7. The van der Waals surface area contributed by atoms with Gasteiger partial charge >= 0.3 is 0 Å². The summed E-state index contributed by atoms with van der Waals surface area (Å²) in [6.45, 7) is -0.355. The number of aliphatic hydroxyl groups is 4. The van der Waals surface area contributed by atoms with Crippen LogP contribution in [0.3, 0.4) is 0 Å². The van der Waals surface area contributed by atoms with Gasteiger partial charge in [0, 0.05) is 6.54 Å². The van der Waals surface area contributed by atoms with E-state index in [9.17, 15) is 20.1 Å². The van der Waals surface area contributed by atoms with Crippen molar-refractivity contribution in [2.75, 3.05) is 6.61 Å². The minimum absolute atomic E-state index is 0.337. The van der Waals surface area contributed by atoms with Gasteiger partial charge in [-0.05, 0) is 5.56 Å². The summed E-state index contributed by atoms with van der Waals surface area (Å²) in [5, 5.41) is 40.0. The summed E-state index contributed by atoms with van der Waals surface area (Å²) in [5.41, 5.74) is 0.916. The van der Waals surface area contributed by atoms with Crippen molar-refractivity contribution in [3.8, 4) is 0 Å². The molecule has 19 heavy (non-hydrogen) atoms. The van der Waals surface area contributed by atoms with Gasteiger partial charge in [-0.3, -0.25) is 0 Å². The second-order valence-corrected chi connectivity index (χ2v) is 4.26. The van der Waals surface area contributed by atoms with Crippen LogP contribution in [-0.2, 0) is 11.3 Å². The molecule has 0 aromatic heterocycles. The topological polar surface area (TPSA) is 110 Å². The van der Waals surface area contributed by atoms with Crippen molar-refractivity contribution in [1.29, 1.82) is 0 Å². The van der Waals surface area contributed by atoms with Crippen LogP contribution in [0.4, 0.5) is 0 Å². The third kappa shape index (κ3) is 4.70. The Hall–Kier alpha value is -1.31. The zero-order valence-corrected chi connectivity index (χ0v) is 10.4. The number of aldehydes is 1. The molecular weight excluding hydrogens is 250 g/mol. The van der Waals surface area contributed by atoms with Gasteiger partial charge in [0.05, 0.1) is 12.6 Å². The van der Waals surface area contributed by atoms with E-state index < -0.39 is 31.0 Å². The van der Waals surface area contributed by atoms with Gasteiger partial charge in [-0.2, -0.15) is 0 Å². The van der Waals surface area contributed by atoms with E-state index in [0.29, 0.717) is 12.8 Å². The van der Waals surface area contributed by atoms with Crippen LogP contribution in [0.2, 0.25) is 0 Å². The van der Waals surface area contributed by atoms with E-state index in [0.717, 1.165) is 5.56 Å². The van der Waals surface area contributed by atoms with Crippen LogP contribution in [0.15, 0.2) is 30.3 Å². The first-order valence-corrected chi connectivity index (χ1v) is 5.97. The van der Waals surface area contributed by atoms with Crippen LogP contribution in [-0.4, -0.2) is 57.7 Å². The molecule has 1 aromatic rings. The second kappa shape index (κ2) is 7.98. The Morgan fingerprint density at radius 3 is 2.26 bits per heavy atom.